The molecule has 0 radical (unpaired) electrons. The van der Waals surface area contributed by atoms with Gasteiger partial charge in [-0.05, 0) is 46.6 Å². The zero-order chi connectivity index (χ0) is 12.8. The normalized spacial score (nSPS) is 10.5. The summed E-state index contributed by atoms with van der Waals surface area (Å²) in [6.07, 6.45) is 2.57. The average Bonchev–Trinajstić information content (AvgIpc) is 2.26. The van der Waals surface area contributed by atoms with E-state index in [-0.39, 0.29) is 0 Å². The molecule has 0 aromatic heterocycles. The Morgan fingerprint density at radius 2 is 2.24 bits per heavy atom. The number of hydrogen-bond donors (Lipinski definition) is 1. The average molecular weight is 301 g/mol. The molecule has 0 bridgehead atoms. The van der Waals surface area contributed by atoms with Gasteiger partial charge in [0.1, 0.15) is 0 Å². The van der Waals surface area contributed by atoms with E-state index in [4.69, 9.17) is 14.6 Å². The van der Waals surface area contributed by atoms with Crippen molar-refractivity contribution in [1.29, 1.82) is 0 Å². The summed E-state index contributed by atoms with van der Waals surface area (Å²) < 4.78 is 11.3. The van der Waals surface area contributed by atoms with Crippen LogP contribution in [0.25, 0.3) is 6.08 Å². The predicted molar refractivity (Wildman–Crippen MR) is 68.5 cm³/mol. The van der Waals surface area contributed by atoms with Crippen molar-refractivity contribution in [3.05, 3.63) is 28.2 Å². The molecular weight excluding hydrogens is 288 g/mol. The van der Waals surface area contributed by atoms with Gasteiger partial charge < -0.3 is 14.6 Å². The van der Waals surface area contributed by atoms with Crippen LogP contribution in [0.1, 0.15) is 12.5 Å². The molecule has 1 rings (SSSR count). The molecule has 0 amide bonds. The van der Waals surface area contributed by atoms with E-state index in [2.05, 4.69) is 15.9 Å². The molecule has 4 nitrogen and oxygen atoms in total. The summed E-state index contributed by atoms with van der Waals surface area (Å²) in [6, 6.07) is 3.49. The zero-order valence-electron chi connectivity index (χ0n) is 9.57. The maximum absolute atomic E-state index is 10.4. The van der Waals surface area contributed by atoms with Crippen molar-refractivity contribution in [3.63, 3.8) is 0 Å². The van der Waals surface area contributed by atoms with Crippen LogP contribution in [0.2, 0.25) is 0 Å². The Morgan fingerprint density at radius 1 is 1.53 bits per heavy atom. The minimum Gasteiger partial charge on any atom is -0.492 e. The van der Waals surface area contributed by atoms with Gasteiger partial charge in [0.25, 0.3) is 0 Å². The zero-order valence-corrected chi connectivity index (χ0v) is 11.2. The molecule has 0 saturated carbocycles. The molecule has 0 unspecified atom stereocenters. The van der Waals surface area contributed by atoms with Crippen LogP contribution in [0.5, 0.6) is 11.5 Å². The maximum atomic E-state index is 10.4. The second kappa shape index (κ2) is 6.30. The van der Waals surface area contributed by atoms with E-state index < -0.39 is 5.97 Å². The summed E-state index contributed by atoms with van der Waals surface area (Å²) in [6.45, 7) is 2.38. The topological polar surface area (TPSA) is 55.8 Å². The lowest BCUT2D eigenvalue weighted by atomic mass is 10.2. The highest BCUT2D eigenvalue weighted by molar-refractivity contribution is 9.10. The van der Waals surface area contributed by atoms with Gasteiger partial charge in [-0.15, -0.1) is 0 Å². The summed E-state index contributed by atoms with van der Waals surface area (Å²) in [5.41, 5.74) is 0.725. The minimum atomic E-state index is -0.991. The Kier molecular flexibility index (Phi) is 5.03. The number of carbonyl (C=O) groups is 1. The van der Waals surface area contributed by atoms with Crippen LogP contribution in [-0.4, -0.2) is 24.8 Å². The highest BCUT2D eigenvalue weighted by Crippen LogP contribution is 2.36. The molecule has 17 heavy (non-hydrogen) atoms. The molecule has 0 spiro atoms. The highest BCUT2D eigenvalue weighted by atomic mass is 79.9. The van der Waals surface area contributed by atoms with Crippen LogP contribution in [0.3, 0.4) is 0 Å². The van der Waals surface area contributed by atoms with Crippen molar-refractivity contribution < 1.29 is 19.4 Å². The van der Waals surface area contributed by atoms with Crippen molar-refractivity contribution >= 4 is 28.0 Å². The predicted octanol–water partition coefficient (Wildman–Crippen LogP) is 2.95. The number of carboxylic acid groups (broad SMARTS) is 1. The van der Waals surface area contributed by atoms with E-state index in [9.17, 15) is 4.79 Å². The number of ether oxygens (including phenoxy) is 2. The van der Waals surface area contributed by atoms with Crippen molar-refractivity contribution in [3.8, 4) is 11.5 Å². The number of halogens is 1. The Morgan fingerprint density at radius 3 is 2.76 bits per heavy atom. The van der Waals surface area contributed by atoms with Crippen molar-refractivity contribution in [2.75, 3.05) is 13.7 Å². The molecule has 0 saturated heterocycles. The molecule has 5 heteroatoms. The van der Waals surface area contributed by atoms with E-state index >= 15 is 0 Å². The van der Waals surface area contributed by atoms with Gasteiger partial charge in [0, 0.05) is 6.08 Å². The number of rotatable bonds is 5. The Bertz CT molecular complexity index is 440. The molecule has 1 N–H and O–H groups in total. The fourth-order valence-electron chi connectivity index (χ4n) is 1.31. The van der Waals surface area contributed by atoms with Crippen LogP contribution in [0, 0.1) is 0 Å². The van der Waals surface area contributed by atoms with Gasteiger partial charge >= 0.3 is 5.97 Å². The second-order valence-electron chi connectivity index (χ2n) is 3.14. The molecule has 92 valence electrons. The lowest BCUT2D eigenvalue weighted by Crippen LogP contribution is -1.96. The monoisotopic (exact) mass is 300 g/mol. The Balaban J connectivity index is 3.14. The lowest BCUT2D eigenvalue weighted by Gasteiger charge is -2.11. The van der Waals surface area contributed by atoms with Crippen LogP contribution in [0.4, 0.5) is 0 Å². The molecule has 0 aliphatic heterocycles. The van der Waals surface area contributed by atoms with Crippen molar-refractivity contribution in [2.24, 2.45) is 0 Å². The van der Waals surface area contributed by atoms with Crippen LogP contribution in [-0.2, 0) is 4.79 Å². The highest BCUT2D eigenvalue weighted by Gasteiger charge is 2.09. The number of aliphatic carboxylic acids is 1. The Labute approximate surface area is 108 Å². The number of methoxy groups -OCH3 is 1. The summed E-state index contributed by atoms with van der Waals surface area (Å²) in [5, 5.41) is 8.56. The molecule has 0 aliphatic carbocycles. The van der Waals surface area contributed by atoms with Crippen LogP contribution < -0.4 is 9.47 Å². The molecule has 1 aromatic rings. The van der Waals surface area contributed by atoms with E-state index in [1.807, 2.05) is 6.92 Å². The van der Waals surface area contributed by atoms with Gasteiger partial charge in [0.15, 0.2) is 11.5 Å². The fourth-order valence-corrected chi connectivity index (χ4v) is 1.93. The molecule has 0 fully saturated rings. The summed E-state index contributed by atoms with van der Waals surface area (Å²) in [5.74, 6) is 0.184. The van der Waals surface area contributed by atoms with Gasteiger partial charge in [-0.2, -0.15) is 0 Å². The molecule has 0 atom stereocenters. The number of benzene rings is 1. The minimum absolute atomic E-state index is 0.509. The third-order valence-electron chi connectivity index (χ3n) is 1.95. The van der Waals surface area contributed by atoms with Gasteiger partial charge in [-0.3, -0.25) is 0 Å². The Hall–Kier alpha value is -1.49. The SMILES string of the molecule is CCOc1cc(C=CC(=O)O)cc(Br)c1OC. The quantitative estimate of drug-likeness (QED) is 0.850. The lowest BCUT2D eigenvalue weighted by molar-refractivity contribution is -0.131. The summed E-state index contributed by atoms with van der Waals surface area (Å²) >= 11 is 3.35. The molecular formula is C12H13BrO4. The van der Waals surface area contributed by atoms with E-state index in [1.54, 1.807) is 19.2 Å². The smallest absolute Gasteiger partial charge is 0.328 e. The van der Waals surface area contributed by atoms with Gasteiger partial charge in [-0.25, -0.2) is 4.79 Å². The molecule has 0 aliphatic rings. The maximum Gasteiger partial charge on any atom is 0.328 e. The summed E-state index contributed by atoms with van der Waals surface area (Å²) in [7, 11) is 1.55. The largest absolute Gasteiger partial charge is 0.492 e. The first-order valence-electron chi connectivity index (χ1n) is 4.99. The molecule has 1 aromatic carbocycles. The van der Waals surface area contributed by atoms with Crippen molar-refractivity contribution in [1.82, 2.24) is 0 Å². The molecule has 0 heterocycles. The summed E-state index contributed by atoms with van der Waals surface area (Å²) in [4.78, 5) is 10.4. The standard InChI is InChI=1S/C12H13BrO4/c1-3-17-10-7-8(4-5-11(14)15)6-9(13)12(10)16-2/h4-7H,3H2,1-2H3,(H,14,15). The van der Waals surface area contributed by atoms with E-state index in [0.717, 1.165) is 16.1 Å². The van der Waals surface area contributed by atoms with Crippen molar-refractivity contribution in [2.45, 2.75) is 6.92 Å². The van der Waals surface area contributed by atoms with Gasteiger partial charge in [-0.1, -0.05) is 0 Å². The number of carboxylic acids is 1. The second-order valence-corrected chi connectivity index (χ2v) is 3.99. The third-order valence-corrected chi connectivity index (χ3v) is 2.54. The van der Waals surface area contributed by atoms with Crippen LogP contribution in [0.15, 0.2) is 22.7 Å². The van der Waals surface area contributed by atoms with Gasteiger partial charge in [0.05, 0.1) is 18.2 Å². The number of hydrogen-bond acceptors (Lipinski definition) is 3. The van der Waals surface area contributed by atoms with E-state index in [1.165, 1.54) is 6.08 Å². The first-order valence-corrected chi connectivity index (χ1v) is 5.79. The third kappa shape index (κ3) is 3.78. The van der Waals surface area contributed by atoms with Crippen LogP contribution >= 0.6 is 15.9 Å². The fraction of sp³-hybridized carbons (Fsp3) is 0.250. The first kappa shape index (κ1) is 13.6. The first-order chi connectivity index (χ1) is 8.08. The van der Waals surface area contributed by atoms with Gasteiger partial charge in [0.2, 0.25) is 0 Å². The van der Waals surface area contributed by atoms with E-state index in [0.29, 0.717) is 18.1 Å².